The molecule has 0 aromatic heterocycles. The van der Waals surface area contributed by atoms with Crippen molar-refractivity contribution in [1.29, 1.82) is 0 Å². The van der Waals surface area contributed by atoms with Gasteiger partial charge in [0.1, 0.15) is 0 Å². The van der Waals surface area contributed by atoms with E-state index in [1.165, 1.54) is 0 Å². The van der Waals surface area contributed by atoms with E-state index in [-0.39, 0.29) is 0 Å². The standard InChI is InChI=1S/C16H18O4/c1-10(17)11(2)20-15(16(18)19)14-9-5-7-12-6-3-4-8-13(12)14/h3-11,15,17H,1-2H3,(H,18,19). The number of benzene rings is 2. The van der Waals surface area contributed by atoms with E-state index in [2.05, 4.69) is 0 Å². The average molecular weight is 274 g/mol. The average Bonchev–Trinajstić information content (AvgIpc) is 2.43. The normalized spacial score (nSPS) is 15.8. The highest BCUT2D eigenvalue weighted by Gasteiger charge is 2.26. The van der Waals surface area contributed by atoms with Crippen LogP contribution in [-0.4, -0.2) is 28.4 Å². The fourth-order valence-corrected chi connectivity index (χ4v) is 2.07. The molecular formula is C16H18O4. The van der Waals surface area contributed by atoms with Gasteiger partial charge in [-0.3, -0.25) is 0 Å². The van der Waals surface area contributed by atoms with Gasteiger partial charge in [-0.1, -0.05) is 42.5 Å². The fourth-order valence-electron chi connectivity index (χ4n) is 2.07. The van der Waals surface area contributed by atoms with Crippen molar-refractivity contribution >= 4 is 16.7 Å². The van der Waals surface area contributed by atoms with Gasteiger partial charge in [0.2, 0.25) is 0 Å². The number of ether oxygens (including phenoxy) is 1. The number of carboxylic acids is 1. The molecule has 0 amide bonds. The number of aliphatic hydroxyl groups excluding tert-OH is 1. The van der Waals surface area contributed by atoms with E-state index >= 15 is 0 Å². The van der Waals surface area contributed by atoms with E-state index in [1.807, 2.05) is 36.4 Å². The fraction of sp³-hybridized carbons (Fsp3) is 0.312. The second-order valence-electron chi connectivity index (χ2n) is 4.87. The summed E-state index contributed by atoms with van der Waals surface area (Å²) in [6, 6.07) is 13.0. The first-order valence-electron chi connectivity index (χ1n) is 6.54. The number of hydrogen-bond acceptors (Lipinski definition) is 3. The highest BCUT2D eigenvalue weighted by molar-refractivity contribution is 5.90. The van der Waals surface area contributed by atoms with Gasteiger partial charge in [0, 0.05) is 0 Å². The predicted molar refractivity (Wildman–Crippen MR) is 76.6 cm³/mol. The molecule has 0 bridgehead atoms. The monoisotopic (exact) mass is 274 g/mol. The van der Waals surface area contributed by atoms with Gasteiger partial charge in [0.25, 0.3) is 0 Å². The molecule has 3 atom stereocenters. The van der Waals surface area contributed by atoms with Gasteiger partial charge in [0.15, 0.2) is 6.10 Å². The maximum Gasteiger partial charge on any atom is 0.337 e. The van der Waals surface area contributed by atoms with Gasteiger partial charge in [-0.05, 0) is 30.2 Å². The molecule has 0 saturated carbocycles. The minimum Gasteiger partial charge on any atom is -0.479 e. The Hall–Kier alpha value is -1.91. The zero-order chi connectivity index (χ0) is 14.7. The van der Waals surface area contributed by atoms with Crippen LogP contribution in [0.3, 0.4) is 0 Å². The molecule has 4 nitrogen and oxygen atoms in total. The first-order chi connectivity index (χ1) is 9.50. The van der Waals surface area contributed by atoms with Crippen LogP contribution in [0.1, 0.15) is 25.5 Å². The van der Waals surface area contributed by atoms with Crippen molar-refractivity contribution in [3.8, 4) is 0 Å². The SMILES string of the molecule is CC(O)C(C)OC(C(=O)O)c1cccc2ccccc12. The molecule has 2 N–H and O–H groups in total. The van der Waals surface area contributed by atoms with Gasteiger partial charge in [-0.15, -0.1) is 0 Å². The van der Waals surface area contributed by atoms with Crippen molar-refractivity contribution in [3.05, 3.63) is 48.0 Å². The summed E-state index contributed by atoms with van der Waals surface area (Å²) < 4.78 is 5.52. The first-order valence-corrected chi connectivity index (χ1v) is 6.54. The zero-order valence-electron chi connectivity index (χ0n) is 11.5. The number of rotatable bonds is 5. The third-order valence-corrected chi connectivity index (χ3v) is 3.36. The minimum atomic E-state index is -1.09. The van der Waals surface area contributed by atoms with Crippen molar-refractivity contribution in [2.24, 2.45) is 0 Å². The summed E-state index contributed by atoms with van der Waals surface area (Å²) in [6.07, 6.45) is -2.38. The number of fused-ring (bicyclic) bond motifs is 1. The van der Waals surface area contributed by atoms with Crippen molar-refractivity contribution in [2.45, 2.75) is 32.2 Å². The third kappa shape index (κ3) is 2.98. The minimum absolute atomic E-state index is 0.560. The van der Waals surface area contributed by atoms with E-state index in [9.17, 15) is 15.0 Å². The summed E-state index contributed by atoms with van der Waals surface area (Å²) in [5.41, 5.74) is 0.600. The lowest BCUT2D eigenvalue weighted by molar-refractivity contribution is -0.158. The second-order valence-corrected chi connectivity index (χ2v) is 4.87. The molecule has 0 saturated heterocycles. The largest absolute Gasteiger partial charge is 0.479 e. The lowest BCUT2D eigenvalue weighted by Crippen LogP contribution is -2.28. The van der Waals surface area contributed by atoms with Gasteiger partial charge in [-0.25, -0.2) is 4.79 Å². The summed E-state index contributed by atoms with van der Waals surface area (Å²) in [5.74, 6) is -1.06. The van der Waals surface area contributed by atoms with Crippen LogP contribution in [0.25, 0.3) is 10.8 Å². The first kappa shape index (κ1) is 14.5. The number of aliphatic carboxylic acids is 1. The Morgan fingerprint density at radius 3 is 2.40 bits per heavy atom. The molecule has 4 heteroatoms. The molecule has 0 fully saturated rings. The molecule has 2 aromatic rings. The molecule has 2 aromatic carbocycles. The number of hydrogen-bond donors (Lipinski definition) is 2. The van der Waals surface area contributed by atoms with E-state index < -0.39 is 24.3 Å². The lowest BCUT2D eigenvalue weighted by atomic mass is 10.00. The molecule has 106 valence electrons. The highest BCUT2D eigenvalue weighted by atomic mass is 16.5. The molecule has 0 heterocycles. The molecule has 0 aliphatic heterocycles. The maximum atomic E-state index is 11.5. The molecule has 0 aliphatic rings. The molecule has 0 radical (unpaired) electrons. The Morgan fingerprint density at radius 2 is 1.75 bits per heavy atom. The van der Waals surface area contributed by atoms with Crippen LogP contribution in [0.4, 0.5) is 0 Å². The van der Waals surface area contributed by atoms with Gasteiger partial charge < -0.3 is 14.9 Å². The zero-order valence-corrected chi connectivity index (χ0v) is 11.5. The smallest absolute Gasteiger partial charge is 0.337 e. The predicted octanol–water partition coefficient (Wildman–Crippen LogP) is 2.75. The van der Waals surface area contributed by atoms with Crippen LogP contribution in [0, 0.1) is 0 Å². The summed E-state index contributed by atoms with van der Waals surface area (Å²) >= 11 is 0. The topological polar surface area (TPSA) is 66.8 Å². The van der Waals surface area contributed by atoms with Crippen LogP contribution >= 0.6 is 0 Å². The molecule has 0 aliphatic carbocycles. The van der Waals surface area contributed by atoms with Crippen molar-refractivity contribution in [1.82, 2.24) is 0 Å². The van der Waals surface area contributed by atoms with Crippen LogP contribution in [0.5, 0.6) is 0 Å². The van der Waals surface area contributed by atoms with Gasteiger partial charge in [-0.2, -0.15) is 0 Å². The maximum absolute atomic E-state index is 11.5. The molecular weight excluding hydrogens is 256 g/mol. The number of carboxylic acid groups (broad SMARTS) is 1. The van der Waals surface area contributed by atoms with Crippen LogP contribution in [0.15, 0.2) is 42.5 Å². The van der Waals surface area contributed by atoms with Crippen LogP contribution in [0.2, 0.25) is 0 Å². The lowest BCUT2D eigenvalue weighted by Gasteiger charge is -2.22. The summed E-state index contributed by atoms with van der Waals surface area (Å²) in [6.45, 7) is 3.23. The number of aliphatic hydroxyl groups is 1. The van der Waals surface area contributed by atoms with Crippen molar-refractivity contribution in [2.75, 3.05) is 0 Å². The van der Waals surface area contributed by atoms with Crippen molar-refractivity contribution in [3.63, 3.8) is 0 Å². The summed E-state index contributed by atoms with van der Waals surface area (Å²) in [5, 5.41) is 20.7. The van der Waals surface area contributed by atoms with E-state index in [0.717, 1.165) is 10.8 Å². The van der Waals surface area contributed by atoms with Gasteiger partial charge in [0.05, 0.1) is 12.2 Å². The highest BCUT2D eigenvalue weighted by Crippen LogP contribution is 2.28. The van der Waals surface area contributed by atoms with Crippen LogP contribution in [-0.2, 0) is 9.53 Å². The summed E-state index contributed by atoms with van der Waals surface area (Å²) in [4.78, 5) is 11.5. The Labute approximate surface area is 117 Å². The quantitative estimate of drug-likeness (QED) is 0.879. The Balaban J connectivity index is 2.44. The molecule has 0 spiro atoms. The Bertz CT molecular complexity index is 601. The van der Waals surface area contributed by atoms with E-state index in [4.69, 9.17) is 4.74 Å². The van der Waals surface area contributed by atoms with E-state index in [0.29, 0.717) is 5.56 Å². The van der Waals surface area contributed by atoms with Crippen LogP contribution < -0.4 is 0 Å². The Morgan fingerprint density at radius 1 is 1.10 bits per heavy atom. The second kappa shape index (κ2) is 6.03. The number of carbonyl (C=O) groups is 1. The summed E-state index contributed by atoms with van der Waals surface area (Å²) in [7, 11) is 0. The Kier molecular flexibility index (Phi) is 4.37. The van der Waals surface area contributed by atoms with E-state index in [1.54, 1.807) is 19.9 Å². The molecule has 3 unspecified atom stereocenters. The van der Waals surface area contributed by atoms with Crippen molar-refractivity contribution < 1.29 is 19.7 Å². The van der Waals surface area contributed by atoms with Gasteiger partial charge >= 0.3 is 5.97 Å². The molecule has 2 rings (SSSR count). The molecule has 20 heavy (non-hydrogen) atoms. The third-order valence-electron chi connectivity index (χ3n) is 3.36.